The molecule has 4 nitrogen and oxygen atoms in total. The first kappa shape index (κ1) is 41.0. The van der Waals surface area contributed by atoms with E-state index in [0.29, 0.717) is 6.42 Å². The van der Waals surface area contributed by atoms with Crippen LogP contribution in [0.4, 0.5) is 0 Å². The van der Waals surface area contributed by atoms with Crippen molar-refractivity contribution in [2.45, 2.75) is 219 Å². The zero-order valence-electron chi connectivity index (χ0n) is 30.3. The van der Waals surface area contributed by atoms with Crippen molar-refractivity contribution >= 4 is 11.7 Å². The van der Waals surface area contributed by atoms with Gasteiger partial charge in [-0.25, -0.2) is 0 Å². The maximum atomic E-state index is 12.3. The number of unbranched alkanes of at least 4 members (excludes halogenated alkanes) is 28. The Hall–Kier alpha value is -1.06. The number of amidine groups is 1. The molecule has 0 saturated carbocycles. The second kappa shape index (κ2) is 33.3. The molecule has 1 aliphatic rings. The number of aliphatic imine (C=N–C) groups is 1. The van der Waals surface area contributed by atoms with Crippen LogP contribution in [0.3, 0.4) is 0 Å². The molecule has 0 saturated heterocycles. The average Bonchev–Trinajstić information content (AvgIpc) is 3.48. The minimum absolute atomic E-state index is 0.229. The molecule has 1 N–H and O–H groups in total. The molecule has 1 aliphatic heterocycles. The lowest BCUT2D eigenvalue weighted by atomic mass is 10.0. The first-order chi connectivity index (χ1) is 21.8. The van der Waals surface area contributed by atoms with Gasteiger partial charge in [-0.15, -0.1) is 0 Å². The molecule has 0 fully saturated rings. The van der Waals surface area contributed by atoms with Crippen molar-refractivity contribution in [3.63, 3.8) is 0 Å². The number of nitrogens with zero attached hydrogens (tertiary/aromatic N) is 2. The lowest BCUT2D eigenvalue weighted by Crippen LogP contribution is -2.33. The van der Waals surface area contributed by atoms with Crippen LogP contribution in [0.1, 0.15) is 219 Å². The molecule has 0 spiro atoms. The third-order valence-corrected chi connectivity index (χ3v) is 9.74. The fourth-order valence-electron chi connectivity index (χ4n) is 6.74. The number of nitrogens with one attached hydrogen (secondary N) is 1. The van der Waals surface area contributed by atoms with Crippen LogP contribution in [0.5, 0.6) is 0 Å². The van der Waals surface area contributed by atoms with Crippen LogP contribution in [-0.2, 0) is 4.79 Å². The van der Waals surface area contributed by atoms with Crippen molar-refractivity contribution in [2.75, 3.05) is 26.2 Å². The quantitative estimate of drug-likeness (QED) is 0.0719. The molecule has 1 amide bonds. The van der Waals surface area contributed by atoms with Crippen molar-refractivity contribution in [2.24, 2.45) is 4.99 Å². The maximum Gasteiger partial charge on any atom is 0.220 e. The van der Waals surface area contributed by atoms with Crippen molar-refractivity contribution in [1.29, 1.82) is 0 Å². The lowest BCUT2D eigenvalue weighted by Gasteiger charge is -2.20. The Bertz CT molecular complexity index is 634. The Balaban J connectivity index is 1.84. The normalized spacial score (nSPS) is 13.1. The number of rotatable bonds is 35. The summed E-state index contributed by atoms with van der Waals surface area (Å²) >= 11 is 0. The van der Waals surface area contributed by atoms with E-state index >= 15 is 0 Å². The third kappa shape index (κ3) is 27.3. The summed E-state index contributed by atoms with van der Waals surface area (Å²) in [6.45, 7) is 8.48. The predicted molar refractivity (Wildman–Crippen MR) is 196 cm³/mol. The van der Waals surface area contributed by atoms with E-state index in [-0.39, 0.29) is 5.91 Å². The Morgan fingerprint density at radius 3 is 1.32 bits per heavy atom. The Morgan fingerprint density at radius 1 is 0.545 bits per heavy atom. The third-order valence-electron chi connectivity index (χ3n) is 9.74. The van der Waals surface area contributed by atoms with Crippen LogP contribution in [0, 0.1) is 0 Å². The monoisotopic (exact) mass is 618 g/mol. The van der Waals surface area contributed by atoms with Crippen LogP contribution >= 0.6 is 0 Å². The summed E-state index contributed by atoms with van der Waals surface area (Å²) < 4.78 is 0. The molecule has 1 heterocycles. The zero-order chi connectivity index (χ0) is 31.6. The molecule has 0 radical (unpaired) electrons. The molecule has 1 rings (SSSR count). The largest absolute Gasteiger partial charge is 0.358 e. The molecule has 0 aromatic rings. The van der Waals surface area contributed by atoms with E-state index in [2.05, 4.69) is 24.1 Å². The van der Waals surface area contributed by atoms with E-state index in [0.717, 1.165) is 39.0 Å². The number of amides is 1. The van der Waals surface area contributed by atoms with Crippen LogP contribution in [-0.4, -0.2) is 42.8 Å². The molecule has 0 atom stereocenters. The van der Waals surface area contributed by atoms with Gasteiger partial charge < -0.3 is 10.2 Å². The number of hydrogen-bond donors (Lipinski definition) is 1. The zero-order valence-corrected chi connectivity index (χ0v) is 30.3. The summed E-state index contributed by atoms with van der Waals surface area (Å²) in [5.41, 5.74) is 0. The smallest absolute Gasteiger partial charge is 0.220 e. The van der Waals surface area contributed by atoms with Crippen molar-refractivity contribution in [1.82, 2.24) is 10.2 Å². The molecular formula is C40H79N3O. The highest BCUT2D eigenvalue weighted by Gasteiger charge is 2.16. The molecule has 0 aromatic carbocycles. The lowest BCUT2D eigenvalue weighted by molar-refractivity contribution is -0.121. The van der Waals surface area contributed by atoms with E-state index < -0.39 is 0 Å². The van der Waals surface area contributed by atoms with Gasteiger partial charge >= 0.3 is 0 Å². The summed E-state index contributed by atoms with van der Waals surface area (Å²) in [7, 11) is 0. The molecular weight excluding hydrogens is 538 g/mol. The van der Waals surface area contributed by atoms with Gasteiger partial charge in [0.1, 0.15) is 5.84 Å². The second-order valence-electron chi connectivity index (χ2n) is 14.0. The highest BCUT2D eigenvalue weighted by Crippen LogP contribution is 2.15. The summed E-state index contributed by atoms with van der Waals surface area (Å²) in [5, 5.41) is 3.16. The number of carbonyl (C=O) groups excluding carboxylic acids is 1. The van der Waals surface area contributed by atoms with E-state index in [1.165, 1.54) is 192 Å². The van der Waals surface area contributed by atoms with Gasteiger partial charge in [-0.1, -0.05) is 194 Å². The molecule has 0 bridgehead atoms. The standard InChI is InChI=1S/C40H79N3O/c1-3-5-7-9-11-13-15-17-19-21-23-25-27-29-31-33-40(44)42-35-34-39-41-36-38-43(39)37-32-30-28-26-24-22-20-18-16-14-12-10-8-6-4-2/h3-38H2,1-2H3,(H,42,44). The molecule has 260 valence electrons. The van der Waals surface area contributed by atoms with E-state index in [4.69, 9.17) is 4.99 Å². The maximum absolute atomic E-state index is 12.3. The van der Waals surface area contributed by atoms with Crippen LogP contribution in [0.25, 0.3) is 0 Å². The summed E-state index contributed by atoms with van der Waals surface area (Å²) in [6.07, 6.45) is 43.2. The number of carbonyl (C=O) groups is 1. The fourth-order valence-corrected chi connectivity index (χ4v) is 6.74. The Kier molecular flexibility index (Phi) is 31.0. The number of hydrogen-bond acceptors (Lipinski definition) is 3. The minimum atomic E-state index is 0.229. The first-order valence-corrected chi connectivity index (χ1v) is 20.3. The Labute approximate surface area is 276 Å². The van der Waals surface area contributed by atoms with Crippen LogP contribution < -0.4 is 5.32 Å². The molecule has 0 aliphatic carbocycles. The van der Waals surface area contributed by atoms with Crippen molar-refractivity contribution < 1.29 is 4.79 Å². The summed E-state index contributed by atoms with van der Waals surface area (Å²) in [5.74, 6) is 1.45. The second-order valence-corrected chi connectivity index (χ2v) is 14.0. The minimum Gasteiger partial charge on any atom is -0.358 e. The Morgan fingerprint density at radius 2 is 0.909 bits per heavy atom. The van der Waals surface area contributed by atoms with Gasteiger partial charge in [0.05, 0.1) is 6.54 Å². The van der Waals surface area contributed by atoms with E-state index in [1.807, 2.05) is 0 Å². The van der Waals surface area contributed by atoms with Gasteiger partial charge in [0.2, 0.25) is 5.91 Å². The fraction of sp³-hybridized carbons (Fsp3) is 0.950. The molecule has 0 aromatic heterocycles. The molecule has 44 heavy (non-hydrogen) atoms. The van der Waals surface area contributed by atoms with Gasteiger partial charge in [-0.05, 0) is 12.8 Å². The van der Waals surface area contributed by atoms with E-state index in [9.17, 15) is 4.79 Å². The van der Waals surface area contributed by atoms with Gasteiger partial charge in [0.25, 0.3) is 0 Å². The SMILES string of the molecule is CCCCCCCCCCCCCCCCCC(=O)NCCC1=NCCN1CCCCCCCCCCCCCCCCC. The summed E-state index contributed by atoms with van der Waals surface area (Å²) in [4.78, 5) is 19.5. The first-order valence-electron chi connectivity index (χ1n) is 20.3. The van der Waals surface area contributed by atoms with Crippen LogP contribution in [0.15, 0.2) is 4.99 Å². The summed E-state index contributed by atoms with van der Waals surface area (Å²) in [6, 6.07) is 0. The van der Waals surface area contributed by atoms with E-state index in [1.54, 1.807) is 0 Å². The van der Waals surface area contributed by atoms with Gasteiger partial charge in [-0.2, -0.15) is 0 Å². The van der Waals surface area contributed by atoms with Crippen molar-refractivity contribution in [3.05, 3.63) is 0 Å². The van der Waals surface area contributed by atoms with Crippen molar-refractivity contribution in [3.8, 4) is 0 Å². The van der Waals surface area contributed by atoms with Gasteiger partial charge in [0.15, 0.2) is 0 Å². The molecule has 4 heteroatoms. The molecule has 0 unspecified atom stereocenters. The predicted octanol–water partition coefficient (Wildman–Crippen LogP) is 12.3. The highest BCUT2D eigenvalue weighted by molar-refractivity contribution is 5.84. The van der Waals surface area contributed by atoms with Crippen LogP contribution in [0.2, 0.25) is 0 Å². The van der Waals surface area contributed by atoms with Gasteiger partial charge in [-0.3, -0.25) is 9.79 Å². The van der Waals surface area contributed by atoms with Gasteiger partial charge in [0, 0.05) is 32.5 Å². The topological polar surface area (TPSA) is 44.7 Å². The highest BCUT2D eigenvalue weighted by atomic mass is 16.1. The average molecular weight is 618 g/mol.